The second kappa shape index (κ2) is 5.41. The van der Waals surface area contributed by atoms with Crippen molar-refractivity contribution in [3.05, 3.63) is 41.0 Å². The topological polar surface area (TPSA) is 0 Å². The first-order valence-electron chi connectivity index (χ1n) is 5.38. The van der Waals surface area contributed by atoms with Crippen LogP contribution in [0.15, 0.2) is 34.7 Å². The summed E-state index contributed by atoms with van der Waals surface area (Å²) in [5, 5.41) is 0.551. The van der Waals surface area contributed by atoms with Crippen molar-refractivity contribution in [3.63, 3.8) is 0 Å². The SMILES string of the molecule is CC(C)=CC(C)Sc1c(C)cccc1C. The van der Waals surface area contributed by atoms with Crippen LogP contribution in [-0.4, -0.2) is 5.25 Å². The molecule has 0 aromatic heterocycles. The highest BCUT2D eigenvalue weighted by Gasteiger charge is 2.06. The summed E-state index contributed by atoms with van der Waals surface area (Å²) in [6.45, 7) is 10.9. The molecule has 0 bridgehead atoms. The Hall–Kier alpha value is -0.690. The van der Waals surface area contributed by atoms with Gasteiger partial charge in [-0.3, -0.25) is 0 Å². The van der Waals surface area contributed by atoms with Crippen LogP contribution in [0.2, 0.25) is 0 Å². The van der Waals surface area contributed by atoms with Crippen molar-refractivity contribution in [2.75, 3.05) is 0 Å². The van der Waals surface area contributed by atoms with Crippen LogP contribution in [0.5, 0.6) is 0 Å². The molecule has 0 spiro atoms. The second-order valence-electron chi connectivity index (χ2n) is 4.29. The van der Waals surface area contributed by atoms with Crippen molar-refractivity contribution >= 4 is 11.8 Å². The Morgan fingerprint density at radius 2 is 1.73 bits per heavy atom. The Bertz CT molecular complexity index is 339. The zero-order valence-corrected chi connectivity index (χ0v) is 11.1. The van der Waals surface area contributed by atoms with Gasteiger partial charge in [0.2, 0.25) is 0 Å². The van der Waals surface area contributed by atoms with Crippen molar-refractivity contribution in [1.82, 2.24) is 0 Å². The Morgan fingerprint density at radius 3 is 2.20 bits per heavy atom. The summed E-state index contributed by atoms with van der Waals surface area (Å²) in [6, 6.07) is 6.50. The Labute approximate surface area is 97.8 Å². The third-order valence-electron chi connectivity index (χ3n) is 2.28. The predicted octanol–water partition coefficient (Wildman–Crippen LogP) is 4.75. The third-order valence-corrected chi connectivity index (χ3v) is 3.67. The summed E-state index contributed by atoms with van der Waals surface area (Å²) in [6.07, 6.45) is 2.32. The van der Waals surface area contributed by atoms with E-state index in [4.69, 9.17) is 0 Å². The van der Waals surface area contributed by atoms with E-state index in [9.17, 15) is 0 Å². The molecule has 0 saturated carbocycles. The lowest BCUT2D eigenvalue weighted by Crippen LogP contribution is -1.94. The van der Waals surface area contributed by atoms with Gasteiger partial charge in [-0.25, -0.2) is 0 Å². The van der Waals surface area contributed by atoms with E-state index in [-0.39, 0.29) is 0 Å². The molecular weight excluding hydrogens is 200 g/mol. The van der Waals surface area contributed by atoms with Gasteiger partial charge < -0.3 is 0 Å². The van der Waals surface area contributed by atoms with Crippen LogP contribution in [0.25, 0.3) is 0 Å². The molecule has 1 heteroatoms. The number of thioether (sulfide) groups is 1. The molecular formula is C14H20S. The minimum absolute atomic E-state index is 0.551. The van der Waals surface area contributed by atoms with Gasteiger partial charge in [0, 0.05) is 10.1 Å². The van der Waals surface area contributed by atoms with Crippen LogP contribution < -0.4 is 0 Å². The molecule has 0 nitrogen and oxygen atoms in total. The summed E-state index contributed by atoms with van der Waals surface area (Å²) in [5.41, 5.74) is 4.16. The van der Waals surface area contributed by atoms with E-state index in [1.165, 1.54) is 21.6 Å². The highest BCUT2D eigenvalue weighted by Crippen LogP contribution is 2.30. The van der Waals surface area contributed by atoms with Gasteiger partial charge in [0.15, 0.2) is 0 Å². The normalized spacial score (nSPS) is 12.3. The van der Waals surface area contributed by atoms with Crippen molar-refractivity contribution < 1.29 is 0 Å². The van der Waals surface area contributed by atoms with E-state index in [0.29, 0.717) is 5.25 Å². The molecule has 0 heterocycles. The van der Waals surface area contributed by atoms with Gasteiger partial charge in [0.1, 0.15) is 0 Å². The lowest BCUT2D eigenvalue weighted by atomic mass is 10.2. The van der Waals surface area contributed by atoms with Crippen LogP contribution in [0.1, 0.15) is 31.9 Å². The number of rotatable bonds is 3. The van der Waals surface area contributed by atoms with Gasteiger partial charge in [-0.05, 0) is 45.7 Å². The Morgan fingerprint density at radius 1 is 1.20 bits per heavy atom. The molecule has 15 heavy (non-hydrogen) atoms. The fourth-order valence-corrected chi connectivity index (χ4v) is 2.89. The van der Waals surface area contributed by atoms with Gasteiger partial charge in [-0.1, -0.05) is 29.8 Å². The number of aryl methyl sites for hydroxylation is 2. The Kier molecular flexibility index (Phi) is 4.46. The zero-order valence-electron chi connectivity index (χ0n) is 10.3. The smallest absolute Gasteiger partial charge is 0.0248 e. The van der Waals surface area contributed by atoms with E-state index in [1.807, 2.05) is 11.8 Å². The highest BCUT2D eigenvalue weighted by molar-refractivity contribution is 8.00. The molecule has 0 amide bonds. The van der Waals surface area contributed by atoms with E-state index in [0.717, 1.165) is 0 Å². The van der Waals surface area contributed by atoms with Crippen LogP contribution in [-0.2, 0) is 0 Å². The standard InChI is InChI=1S/C14H20S/c1-10(2)9-13(5)15-14-11(3)7-6-8-12(14)4/h6-9,13H,1-5H3. The van der Waals surface area contributed by atoms with E-state index < -0.39 is 0 Å². The third kappa shape index (κ3) is 3.75. The molecule has 0 radical (unpaired) electrons. The molecule has 0 aliphatic heterocycles. The molecule has 1 rings (SSSR count). The maximum atomic E-state index is 2.32. The first-order chi connectivity index (χ1) is 7.00. The quantitative estimate of drug-likeness (QED) is 0.523. The molecule has 1 atom stereocenters. The molecule has 0 saturated heterocycles. The summed E-state index contributed by atoms with van der Waals surface area (Å²) >= 11 is 1.95. The van der Waals surface area contributed by atoms with Gasteiger partial charge in [0.25, 0.3) is 0 Å². The first-order valence-corrected chi connectivity index (χ1v) is 6.26. The fraction of sp³-hybridized carbons (Fsp3) is 0.429. The predicted molar refractivity (Wildman–Crippen MR) is 70.7 cm³/mol. The van der Waals surface area contributed by atoms with Crippen molar-refractivity contribution in [2.45, 2.75) is 44.8 Å². The zero-order chi connectivity index (χ0) is 11.4. The second-order valence-corrected chi connectivity index (χ2v) is 5.68. The average molecular weight is 220 g/mol. The number of hydrogen-bond donors (Lipinski definition) is 0. The highest BCUT2D eigenvalue weighted by atomic mass is 32.2. The molecule has 0 fully saturated rings. The molecule has 1 aromatic carbocycles. The van der Waals surface area contributed by atoms with Crippen molar-refractivity contribution in [1.29, 1.82) is 0 Å². The lowest BCUT2D eigenvalue weighted by Gasteiger charge is -2.12. The van der Waals surface area contributed by atoms with E-state index in [2.05, 4.69) is 58.9 Å². The summed E-state index contributed by atoms with van der Waals surface area (Å²) in [7, 11) is 0. The summed E-state index contributed by atoms with van der Waals surface area (Å²) < 4.78 is 0. The minimum atomic E-state index is 0.551. The van der Waals surface area contributed by atoms with E-state index in [1.54, 1.807) is 0 Å². The summed E-state index contributed by atoms with van der Waals surface area (Å²) in [5.74, 6) is 0. The number of hydrogen-bond acceptors (Lipinski definition) is 1. The molecule has 0 aliphatic rings. The number of benzene rings is 1. The summed E-state index contributed by atoms with van der Waals surface area (Å²) in [4.78, 5) is 1.43. The van der Waals surface area contributed by atoms with Crippen LogP contribution in [0.4, 0.5) is 0 Å². The number of allylic oxidation sites excluding steroid dienone is 1. The molecule has 1 aromatic rings. The largest absolute Gasteiger partial charge is 0.118 e. The lowest BCUT2D eigenvalue weighted by molar-refractivity contribution is 1.16. The van der Waals surface area contributed by atoms with Gasteiger partial charge >= 0.3 is 0 Å². The van der Waals surface area contributed by atoms with Crippen molar-refractivity contribution in [2.24, 2.45) is 0 Å². The first kappa shape index (κ1) is 12.4. The van der Waals surface area contributed by atoms with Gasteiger partial charge in [0.05, 0.1) is 0 Å². The molecule has 82 valence electrons. The fourth-order valence-electron chi connectivity index (χ4n) is 1.67. The van der Waals surface area contributed by atoms with Gasteiger partial charge in [-0.2, -0.15) is 0 Å². The average Bonchev–Trinajstić information content (AvgIpc) is 2.10. The van der Waals surface area contributed by atoms with Crippen LogP contribution in [0, 0.1) is 13.8 Å². The van der Waals surface area contributed by atoms with Crippen LogP contribution in [0.3, 0.4) is 0 Å². The van der Waals surface area contributed by atoms with E-state index >= 15 is 0 Å². The minimum Gasteiger partial charge on any atom is -0.118 e. The van der Waals surface area contributed by atoms with Crippen molar-refractivity contribution in [3.8, 4) is 0 Å². The molecule has 0 N–H and O–H groups in total. The monoisotopic (exact) mass is 220 g/mol. The van der Waals surface area contributed by atoms with Gasteiger partial charge in [-0.15, -0.1) is 11.8 Å². The maximum Gasteiger partial charge on any atom is 0.0248 e. The molecule has 1 unspecified atom stereocenters. The van der Waals surface area contributed by atoms with Crippen LogP contribution >= 0.6 is 11.8 Å². The maximum absolute atomic E-state index is 2.32. The molecule has 0 aliphatic carbocycles. The Balaban J connectivity index is 2.85.